The number of nitrogens with zero attached hydrogens (tertiary/aromatic N) is 2. The fraction of sp³-hybridized carbons (Fsp3) is 0.368. The highest BCUT2D eigenvalue weighted by atomic mass is 19.1. The largest absolute Gasteiger partial charge is 0.381 e. The van der Waals surface area contributed by atoms with Crippen molar-refractivity contribution in [1.82, 2.24) is 15.3 Å². The first-order valence-electron chi connectivity index (χ1n) is 9.14. The maximum Gasteiger partial charge on any atom is 0.254 e. The van der Waals surface area contributed by atoms with Gasteiger partial charge in [-0.3, -0.25) is 9.59 Å². The number of hydrogen-bond donors (Lipinski definition) is 4. The van der Waals surface area contributed by atoms with Crippen LogP contribution in [0.5, 0.6) is 0 Å². The number of carbonyl (C=O) groups is 2. The Morgan fingerprint density at radius 2 is 1.89 bits per heavy atom. The molecule has 9 heteroatoms. The summed E-state index contributed by atoms with van der Waals surface area (Å²) in [7, 11) is 1.54. The molecule has 0 bridgehead atoms. The van der Waals surface area contributed by atoms with Crippen molar-refractivity contribution in [2.75, 3.05) is 17.7 Å². The third-order valence-electron chi connectivity index (χ3n) is 4.83. The molecule has 28 heavy (non-hydrogen) atoms. The molecule has 5 N–H and O–H groups in total. The maximum atomic E-state index is 13.0. The number of nitrogens with one attached hydrogen (secondary N) is 3. The average molecular weight is 386 g/mol. The zero-order valence-electron chi connectivity index (χ0n) is 15.5. The molecule has 0 unspecified atom stereocenters. The quantitative estimate of drug-likeness (QED) is 0.604. The Labute approximate surface area is 162 Å². The van der Waals surface area contributed by atoms with Gasteiger partial charge in [0.05, 0.1) is 23.4 Å². The van der Waals surface area contributed by atoms with Crippen LogP contribution in [0.25, 0.3) is 0 Å². The van der Waals surface area contributed by atoms with Crippen molar-refractivity contribution < 1.29 is 14.0 Å². The first-order chi connectivity index (χ1) is 13.5. The molecule has 3 rings (SSSR count). The van der Waals surface area contributed by atoms with Crippen LogP contribution >= 0.6 is 0 Å². The topological polar surface area (TPSA) is 122 Å². The van der Waals surface area contributed by atoms with Crippen molar-refractivity contribution in [3.8, 4) is 0 Å². The molecule has 1 aliphatic carbocycles. The van der Waals surface area contributed by atoms with Crippen LogP contribution in [0, 0.1) is 11.7 Å². The molecule has 0 radical (unpaired) electrons. The lowest BCUT2D eigenvalue weighted by atomic mass is 9.84. The lowest BCUT2D eigenvalue weighted by Gasteiger charge is -2.31. The van der Waals surface area contributed by atoms with Gasteiger partial charge < -0.3 is 21.7 Å². The van der Waals surface area contributed by atoms with Gasteiger partial charge in [0.15, 0.2) is 0 Å². The van der Waals surface area contributed by atoms with Crippen LogP contribution in [0.1, 0.15) is 36.0 Å². The van der Waals surface area contributed by atoms with Gasteiger partial charge in [0.25, 0.3) is 5.91 Å². The van der Waals surface area contributed by atoms with Gasteiger partial charge in [0, 0.05) is 25.4 Å². The van der Waals surface area contributed by atoms with E-state index in [1.807, 2.05) is 0 Å². The van der Waals surface area contributed by atoms with Crippen LogP contribution < -0.4 is 21.7 Å². The van der Waals surface area contributed by atoms with Crippen LogP contribution in [0.2, 0.25) is 0 Å². The molecular weight excluding hydrogens is 363 g/mol. The van der Waals surface area contributed by atoms with Gasteiger partial charge in [-0.2, -0.15) is 0 Å². The van der Waals surface area contributed by atoms with Gasteiger partial charge in [-0.05, 0) is 25.0 Å². The van der Waals surface area contributed by atoms with E-state index in [0.717, 1.165) is 31.9 Å². The minimum atomic E-state index is -0.439. The summed E-state index contributed by atoms with van der Waals surface area (Å²) in [5.74, 6) is -0.532. The summed E-state index contributed by atoms with van der Waals surface area (Å²) in [6, 6.07) is 4.28. The number of pyridine rings is 2. The number of rotatable bonds is 6. The number of hydrogen-bond acceptors (Lipinski definition) is 6. The Kier molecular flexibility index (Phi) is 6.03. The molecule has 0 aromatic carbocycles. The average Bonchev–Trinajstić information content (AvgIpc) is 2.69. The smallest absolute Gasteiger partial charge is 0.254 e. The third-order valence-corrected chi connectivity index (χ3v) is 4.83. The molecule has 0 saturated heterocycles. The van der Waals surface area contributed by atoms with E-state index in [1.165, 1.54) is 25.4 Å². The summed E-state index contributed by atoms with van der Waals surface area (Å²) in [6.07, 6.45) is 5.97. The predicted octanol–water partition coefficient (Wildman–Crippen LogP) is 2.17. The number of aromatic nitrogens is 2. The van der Waals surface area contributed by atoms with Gasteiger partial charge in [-0.15, -0.1) is 0 Å². The molecule has 0 spiro atoms. The summed E-state index contributed by atoms with van der Waals surface area (Å²) in [5, 5.41) is 8.87. The predicted molar refractivity (Wildman–Crippen MR) is 104 cm³/mol. The Morgan fingerprint density at radius 3 is 2.57 bits per heavy atom. The highest BCUT2D eigenvalue weighted by Crippen LogP contribution is 2.29. The number of anilines is 3. The van der Waals surface area contributed by atoms with E-state index in [1.54, 1.807) is 6.07 Å². The van der Waals surface area contributed by atoms with E-state index in [0.29, 0.717) is 22.9 Å². The van der Waals surface area contributed by atoms with Crippen LogP contribution in [-0.4, -0.2) is 34.9 Å². The van der Waals surface area contributed by atoms with Gasteiger partial charge in [-0.1, -0.05) is 12.8 Å². The van der Waals surface area contributed by atoms with E-state index in [2.05, 4.69) is 25.9 Å². The fourth-order valence-corrected chi connectivity index (χ4v) is 3.38. The van der Waals surface area contributed by atoms with Crippen molar-refractivity contribution in [2.45, 2.75) is 31.7 Å². The van der Waals surface area contributed by atoms with E-state index < -0.39 is 5.82 Å². The molecule has 2 amide bonds. The molecule has 2 aromatic rings. The number of amides is 2. The standard InChI is InChI=1S/C19H23FN6O2/c1-22-19(28)13-10-24-17(26-16-7-6-11(20)9-23-16)8-15(13)25-14-5-3-2-4-12(14)18(21)27/h6-10,12,14H,2-5H2,1H3,(H2,21,27)(H,22,28)(H2,23,24,25,26)/t12-,14+/m1/s1. The van der Waals surface area contributed by atoms with E-state index >= 15 is 0 Å². The molecule has 1 aliphatic rings. The highest BCUT2D eigenvalue weighted by molar-refractivity contribution is 5.99. The summed E-state index contributed by atoms with van der Waals surface area (Å²) < 4.78 is 13.0. The number of carbonyl (C=O) groups excluding carboxylic acids is 2. The van der Waals surface area contributed by atoms with Gasteiger partial charge in [-0.25, -0.2) is 14.4 Å². The summed E-state index contributed by atoms with van der Waals surface area (Å²) >= 11 is 0. The number of primary amides is 1. The molecule has 1 fully saturated rings. The van der Waals surface area contributed by atoms with Gasteiger partial charge in [0.2, 0.25) is 5.91 Å². The first kappa shape index (κ1) is 19.5. The number of nitrogens with two attached hydrogens (primary N) is 1. The summed E-state index contributed by atoms with van der Waals surface area (Å²) in [5.41, 5.74) is 6.45. The molecule has 2 atom stereocenters. The van der Waals surface area contributed by atoms with E-state index in [-0.39, 0.29) is 23.8 Å². The second kappa shape index (κ2) is 8.64. The molecule has 148 valence electrons. The molecule has 0 aliphatic heterocycles. The molecule has 1 saturated carbocycles. The monoisotopic (exact) mass is 386 g/mol. The lowest BCUT2D eigenvalue weighted by molar-refractivity contribution is -0.122. The SMILES string of the molecule is CNC(=O)c1cnc(Nc2ccc(F)cn2)cc1N[C@H]1CCCC[C@H]1C(N)=O. The van der Waals surface area contributed by atoms with Crippen molar-refractivity contribution in [2.24, 2.45) is 11.7 Å². The lowest BCUT2D eigenvalue weighted by Crippen LogP contribution is -2.41. The second-order valence-electron chi connectivity index (χ2n) is 6.73. The molecule has 2 heterocycles. The second-order valence-corrected chi connectivity index (χ2v) is 6.73. The van der Waals surface area contributed by atoms with Crippen LogP contribution in [-0.2, 0) is 4.79 Å². The van der Waals surface area contributed by atoms with Gasteiger partial charge in [0.1, 0.15) is 17.5 Å². The minimum Gasteiger partial charge on any atom is -0.381 e. The number of halogens is 1. The zero-order chi connectivity index (χ0) is 20.1. The van der Waals surface area contributed by atoms with Crippen LogP contribution in [0.4, 0.5) is 21.7 Å². The third kappa shape index (κ3) is 4.54. The Hall–Kier alpha value is -3.23. The molecular formula is C19H23FN6O2. The maximum absolute atomic E-state index is 13.0. The minimum absolute atomic E-state index is 0.158. The van der Waals surface area contributed by atoms with Gasteiger partial charge >= 0.3 is 0 Å². The first-order valence-corrected chi connectivity index (χ1v) is 9.14. The van der Waals surface area contributed by atoms with Crippen LogP contribution in [0.15, 0.2) is 30.6 Å². The van der Waals surface area contributed by atoms with Crippen LogP contribution in [0.3, 0.4) is 0 Å². The molecule has 2 aromatic heterocycles. The van der Waals surface area contributed by atoms with E-state index in [4.69, 9.17) is 5.73 Å². The Balaban J connectivity index is 1.88. The summed E-state index contributed by atoms with van der Waals surface area (Å²) in [4.78, 5) is 32.2. The fourth-order valence-electron chi connectivity index (χ4n) is 3.38. The van der Waals surface area contributed by atoms with Crippen molar-refractivity contribution in [3.63, 3.8) is 0 Å². The Morgan fingerprint density at radius 1 is 1.14 bits per heavy atom. The highest BCUT2D eigenvalue weighted by Gasteiger charge is 2.30. The van der Waals surface area contributed by atoms with Crippen molar-refractivity contribution in [1.29, 1.82) is 0 Å². The Bertz CT molecular complexity index is 858. The molecule has 8 nitrogen and oxygen atoms in total. The summed E-state index contributed by atoms with van der Waals surface area (Å²) in [6.45, 7) is 0. The van der Waals surface area contributed by atoms with Crippen molar-refractivity contribution in [3.05, 3.63) is 42.0 Å². The zero-order valence-corrected chi connectivity index (χ0v) is 15.5. The van der Waals surface area contributed by atoms with E-state index in [9.17, 15) is 14.0 Å². The normalized spacial score (nSPS) is 18.9. The van der Waals surface area contributed by atoms with Crippen molar-refractivity contribution >= 4 is 29.1 Å².